The van der Waals surface area contributed by atoms with E-state index in [1.807, 2.05) is 53.1 Å². The highest BCUT2D eigenvalue weighted by Crippen LogP contribution is 2.29. The molecule has 0 radical (unpaired) electrons. The molecule has 0 saturated carbocycles. The van der Waals surface area contributed by atoms with E-state index in [2.05, 4.69) is 27.2 Å². The minimum Gasteiger partial charge on any atom is -0.457 e. The second-order valence-electron chi connectivity index (χ2n) is 7.62. The van der Waals surface area contributed by atoms with E-state index in [1.54, 1.807) is 24.3 Å². The zero-order valence-corrected chi connectivity index (χ0v) is 18.3. The topological polar surface area (TPSA) is 104 Å². The van der Waals surface area contributed by atoms with Gasteiger partial charge in [-0.25, -0.2) is 0 Å². The van der Waals surface area contributed by atoms with Crippen LogP contribution in [-0.4, -0.2) is 41.1 Å². The van der Waals surface area contributed by atoms with Crippen molar-refractivity contribution < 1.29 is 9.15 Å². The van der Waals surface area contributed by atoms with Gasteiger partial charge in [0.25, 0.3) is 0 Å². The van der Waals surface area contributed by atoms with Gasteiger partial charge in [0.05, 0.1) is 30.5 Å². The monoisotopic (exact) mass is 448 g/mol. The molecule has 0 bridgehead atoms. The summed E-state index contributed by atoms with van der Waals surface area (Å²) in [6, 6.07) is 24.9. The lowest BCUT2D eigenvalue weighted by Crippen LogP contribution is -2.38. The first-order valence-electron chi connectivity index (χ1n) is 10.8. The Labute approximate surface area is 196 Å². The number of ether oxygens (including phenoxy) is 1. The molecule has 34 heavy (non-hydrogen) atoms. The van der Waals surface area contributed by atoms with E-state index in [4.69, 9.17) is 9.15 Å². The number of allylic oxidation sites excluding steroid dienone is 1. The zero-order valence-electron chi connectivity index (χ0n) is 18.3. The van der Waals surface area contributed by atoms with Crippen LogP contribution in [0.2, 0.25) is 0 Å². The summed E-state index contributed by atoms with van der Waals surface area (Å²) in [6.07, 6.45) is 1.64. The minimum atomic E-state index is 0.310. The molecule has 166 valence electrons. The molecular formula is C26H20N6O2. The van der Waals surface area contributed by atoms with E-state index in [-0.39, 0.29) is 0 Å². The smallest absolute Gasteiger partial charge is 0.232 e. The molecule has 3 heterocycles. The van der Waals surface area contributed by atoms with Crippen molar-refractivity contribution in [2.24, 2.45) is 0 Å². The van der Waals surface area contributed by atoms with Gasteiger partial charge in [0.2, 0.25) is 5.95 Å². The van der Waals surface area contributed by atoms with Crippen molar-refractivity contribution in [3.63, 3.8) is 0 Å². The summed E-state index contributed by atoms with van der Waals surface area (Å²) in [5, 5.41) is 28.2. The second-order valence-corrected chi connectivity index (χ2v) is 7.62. The molecule has 1 saturated heterocycles. The van der Waals surface area contributed by atoms with Crippen LogP contribution in [0, 0.1) is 22.7 Å². The van der Waals surface area contributed by atoms with Gasteiger partial charge in [-0.05, 0) is 36.4 Å². The Balaban J connectivity index is 1.57. The molecule has 0 unspecified atom stereocenters. The number of rotatable bonds is 5. The van der Waals surface area contributed by atoms with Crippen molar-refractivity contribution in [1.82, 2.24) is 14.8 Å². The molecule has 2 aromatic carbocycles. The third-order valence-corrected chi connectivity index (χ3v) is 5.54. The summed E-state index contributed by atoms with van der Waals surface area (Å²) < 4.78 is 13.3. The van der Waals surface area contributed by atoms with Crippen LogP contribution < -0.4 is 4.90 Å². The number of hydrogen-bond acceptors (Lipinski definition) is 7. The van der Waals surface area contributed by atoms with Gasteiger partial charge in [-0.3, -0.25) is 4.57 Å². The average Bonchev–Trinajstić information content (AvgIpc) is 3.56. The Kier molecular flexibility index (Phi) is 5.89. The molecule has 1 aliphatic rings. The lowest BCUT2D eigenvalue weighted by Gasteiger charge is -2.28. The lowest BCUT2D eigenvalue weighted by molar-refractivity contribution is 0.122. The maximum absolute atomic E-state index is 10.0. The Morgan fingerprint density at radius 3 is 2.44 bits per heavy atom. The summed E-state index contributed by atoms with van der Waals surface area (Å²) in [4.78, 5) is 2.10. The Hall–Kier alpha value is -4.66. The number of morpholine rings is 1. The van der Waals surface area contributed by atoms with Crippen molar-refractivity contribution >= 4 is 17.6 Å². The highest BCUT2D eigenvalue weighted by Gasteiger charge is 2.23. The van der Waals surface area contributed by atoms with Crippen LogP contribution in [0.4, 0.5) is 5.95 Å². The van der Waals surface area contributed by atoms with Crippen LogP contribution in [0.15, 0.2) is 71.1 Å². The van der Waals surface area contributed by atoms with Crippen molar-refractivity contribution in [3.05, 3.63) is 83.9 Å². The number of hydrogen-bond donors (Lipinski definition) is 0. The second kappa shape index (κ2) is 9.45. The molecular weight excluding hydrogens is 428 g/mol. The standard InChI is InChI=1S/C26H20N6O2/c27-17-19-6-4-5-9-23(19)24-11-10-22(34-24)16-20(18-28)25-29-30-26(31-12-14-33-15-13-31)32(25)21-7-2-1-3-8-21/h1-11,16H,12-15H2. The van der Waals surface area contributed by atoms with E-state index < -0.39 is 0 Å². The van der Waals surface area contributed by atoms with Gasteiger partial charge in [0, 0.05) is 24.7 Å². The van der Waals surface area contributed by atoms with E-state index >= 15 is 0 Å². The third kappa shape index (κ3) is 4.06. The van der Waals surface area contributed by atoms with E-state index in [0.717, 1.165) is 5.69 Å². The summed E-state index contributed by atoms with van der Waals surface area (Å²) in [7, 11) is 0. The van der Waals surface area contributed by atoms with Gasteiger partial charge < -0.3 is 14.1 Å². The first kappa shape index (κ1) is 21.2. The number of nitrogens with zero attached hydrogens (tertiary/aromatic N) is 6. The fraction of sp³-hybridized carbons (Fsp3) is 0.154. The summed E-state index contributed by atoms with van der Waals surface area (Å²) in [5.41, 5.74) is 2.38. The summed E-state index contributed by atoms with van der Waals surface area (Å²) in [5.74, 6) is 2.12. The van der Waals surface area contributed by atoms with Crippen LogP contribution in [0.5, 0.6) is 0 Å². The lowest BCUT2D eigenvalue weighted by atomic mass is 10.1. The summed E-state index contributed by atoms with van der Waals surface area (Å²) in [6.45, 7) is 2.60. The van der Waals surface area contributed by atoms with Crippen LogP contribution in [0.1, 0.15) is 17.1 Å². The maximum atomic E-state index is 10.0. The predicted molar refractivity (Wildman–Crippen MR) is 127 cm³/mol. The quantitative estimate of drug-likeness (QED) is 0.419. The molecule has 0 amide bonds. The van der Waals surface area contributed by atoms with Crippen LogP contribution >= 0.6 is 0 Å². The molecule has 4 aromatic rings. The molecule has 2 aromatic heterocycles. The Morgan fingerprint density at radius 2 is 1.68 bits per heavy atom. The highest BCUT2D eigenvalue weighted by molar-refractivity contribution is 5.87. The third-order valence-electron chi connectivity index (χ3n) is 5.54. The molecule has 1 fully saturated rings. The van der Waals surface area contributed by atoms with Gasteiger partial charge in [-0.1, -0.05) is 30.3 Å². The van der Waals surface area contributed by atoms with Gasteiger partial charge in [-0.2, -0.15) is 10.5 Å². The molecule has 0 atom stereocenters. The average molecular weight is 448 g/mol. The van der Waals surface area contributed by atoms with Gasteiger partial charge in [-0.15, -0.1) is 10.2 Å². The van der Waals surface area contributed by atoms with Crippen LogP contribution in [0.3, 0.4) is 0 Å². The van der Waals surface area contributed by atoms with E-state index in [1.165, 1.54) is 0 Å². The number of anilines is 1. The van der Waals surface area contributed by atoms with Crippen LogP contribution in [-0.2, 0) is 4.74 Å². The zero-order chi connectivity index (χ0) is 23.3. The highest BCUT2D eigenvalue weighted by atomic mass is 16.5. The fourth-order valence-electron chi connectivity index (χ4n) is 3.89. The Morgan fingerprint density at radius 1 is 0.912 bits per heavy atom. The number of benzene rings is 2. The number of nitriles is 2. The van der Waals surface area contributed by atoms with Gasteiger partial charge >= 0.3 is 0 Å². The van der Waals surface area contributed by atoms with E-state index in [9.17, 15) is 10.5 Å². The first-order valence-corrected chi connectivity index (χ1v) is 10.8. The molecule has 5 rings (SSSR count). The van der Waals surface area contributed by atoms with Crippen LogP contribution in [0.25, 0.3) is 28.7 Å². The van der Waals surface area contributed by atoms with Gasteiger partial charge in [0.1, 0.15) is 23.2 Å². The molecule has 8 heteroatoms. The van der Waals surface area contributed by atoms with Gasteiger partial charge in [0.15, 0.2) is 5.82 Å². The predicted octanol–water partition coefficient (Wildman–Crippen LogP) is 4.30. The molecule has 1 aliphatic heterocycles. The minimum absolute atomic E-state index is 0.310. The maximum Gasteiger partial charge on any atom is 0.232 e. The van der Waals surface area contributed by atoms with Crippen molar-refractivity contribution in [1.29, 1.82) is 10.5 Å². The fourth-order valence-corrected chi connectivity index (χ4v) is 3.89. The number of furan rings is 1. The van der Waals surface area contributed by atoms with Crippen molar-refractivity contribution in [3.8, 4) is 29.1 Å². The molecule has 0 N–H and O–H groups in total. The Bertz CT molecular complexity index is 1420. The summed E-state index contributed by atoms with van der Waals surface area (Å²) >= 11 is 0. The largest absolute Gasteiger partial charge is 0.457 e. The number of para-hydroxylation sites is 1. The SMILES string of the molecule is N#CC(=Cc1ccc(-c2ccccc2C#N)o1)c1nnc(N2CCOCC2)n1-c1ccccc1. The normalized spacial score (nSPS) is 13.9. The molecule has 0 aliphatic carbocycles. The van der Waals surface area contributed by atoms with Crippen molar-refractivity contribution in [2.75, 3.05) is 31.2 Å². The van der Waals surface area contributed by atoms with Crippen molar-refractivity contribution in [2.45, 2.75) is 0 Å². The first-order chi connectivity index (χ1) is 16.8. The van der Waals surface area contributed by atoms with E-state index in [0.29, 0.717) is 66.3 Å². The molecule has 8 nitrogen and oxygen atoms in total. The number of aromatic nitrogens is 3. The molecule has 0 spiro atoms.